The first-order chi connectivity index (χ1) is 13.2. The highest BCUT2D eigenvalue weighted by molar-refractivity contribution is 8.00. The Bertz CT molecular complexity index is 630. The van der Waals surface area contributed by atoms with Gasteiger partial charge < -0.3 is 10.1 Å². The van der Waals surface area contributed by atoms with Crippen molar-refractivity contribution in [1.29, 1.82) is 0 Å². The van der Waals surface area contributed by atoms with Crippen LogP contribution >= 0.6 is 23.5 Å². The number of hydrogen-bond donors (Lipinski definition) is 1. The molecule has 0 aliphatic heterocycles. The molecular formula is C20H31N3O2S2. The fourth-order valence-corrected chi connectivity index (χ4v) is 5.73. The van der Waals surface area contributed by atoms with Gasteiger partial charge in [-0.3, -0.25) is 0 Å². The summed E-state index contributed by atoms with van der Waals surface area (Å²) in [6.45, 7) is 0.863. The molecule has 0 amide bonds. The van der Waals surface area contributed by atoms with Gasteiger partial charge in [0.2, 0.25) is 0 Å². The normalized spacial score (nSPS) is 19.0. The summed E-state index contributed by atoms with van der Waals surface area (Å²) in [4.78, 5) is 21.9. The van der Waals surface area contributed by atoms with E-state index in [1.807, 2.05) is 6.26 Å². The second-order valence-corrected chi connectivity index (χ2v) is 9.56. The number of ether oxygens (including phenoxy) is 1. The van der Waals surface area contributed by atoms with Gasteiger partial charge in [-0.25, -0.2) is 14.8 Å². The van der Waals surface area contributed by atoms with Crippen molar-refractivity contribution in [3.8, 4) is 0 Å². The summed E-state index contributed by atoms with van der Waals surface area (Å²) in [5.41, 5.74) is 0.515. The average molecular weight is 410 g/mol. The van der Waals surface area contributed by atoms with Gasteiger partial charge in [0.1, 0.15) is 16.4 Å². The van der Waals surface area contributed by atoms with Crippen LogP contribution in [0.1, 0.15) is 74.6 Å². The van der Waals surface area contributed by atoms with E-state index >= 15 is 0 Å². The SMILES string of the molecule is COC(=O)c1c(NCC2CCCCC2)nc(SC)nc1SC1CCCCC1. The molecular weight excluding hydrogens is 378 g/mol. The van der Waals surface area contributed by atoms with Crippen molar-refractivity contribution in [2.75, 3.05) is 25.2 Å². The molecule has 0 saturated heterocycles. The third-order valence-electron chi connectivity index (χ3n) is 5.54. The first-order valence-electron chi connectivity index (χ1n) is 10.2. The monoisotopic (exact) mass is 409 g/mol. The van der Waals surface area contributed by atoms with Gasteiger partial charge in [0.15, 0.2) is 5.16 Å². The summed E-state index contributed by atoms with van der Waals surface area (Å²) in [5.74, 6) is 0.962. The van der Waals surface area contributed by atoms with Crippen molar-refractivity contribution in [1.82, 2.24) is 9.97 Å². The second kappa shape index (κ2) is 10.6. The van der Waals surface area contributed by atoms with E-state index in [0.29, 0.717) is 27.7 Å². The molecule has 5 nitrogen and oxygen atoms in total. The highest BCUT2D eigenvalue weighted by Gasteiger charge is 2.26. The zero-order valence-electron chi connectivity index (χ0n) is 16.5. The number of aromatic nitrogens is 2. The highest BCUT2D eigenvalue weighted by Crippen LogP contribution is 2.37. The van der Waals surface area contributed by atoms with Gasteiger partial charge >= 0.3 is 5.97 Å². The number of anilines is 1. The minimum absolute atomic E-state index is 0.341. The number of carbonyl (C=O) groups is 1. The van der Waals surface area contributed by atoms with Crippen LogP contribution in [0.4, 0.5) is 5.82 Å². The van der Waals surface area contributed by atoms with E-state index in [1.54, 1.807) is 11.8 Å². The Morgan fingerprint density at radius 3 is 2.37 bits per heavy atom. The molecule has 0 atom stereocenters. The molecule has 1 heterocycles. The van der Waals surface area contributed by atoms with Crippen LogP contribution in [0.2, 0.25) is 0 Å². The molecule has 2 aliphatic carbocycles. The standard InChI is InChI=1S/C20H31N3O2S2/c1-25-19(24)16-17(21-13-14-9-5-3-6-10-14)22-20(26-2)23-18(16)27-15-11-7-4-8-12-15/h14-15H,3-13H2,1-2H3,(H,21,22,23). The first kappa shape index (κ1) is 20.8. The number of nitrogens with zero attached hydrogens (tertiary/aromatic N) is 2. The summed E-state index contributed by atoms with van der Waals surface area (Å²) < 4.78 is 5.09. The average Bonchev–Trinajstić information content (AvgIpc) is 2.73. The van der Waals surface area contributed by atoms with E-state index in [0.717, 1.165) is 11.6 Å². The molecule has 1 N–H and O–H groups in total. The third kappa shape index (κ3) is 5.76. The zero-order valence-corrected chi connectivity index (χ0v) is 18.1. The van der Waals surface area contributed by atoms with E-state index in [1.165, 1.54) is 83.1 Å². The lowest BCUT2D eigenvalue weighted by molar-refractivity contribution is 0.0596. The minimum Gasteiger partial charge on any atom is -0.465 e. The van der Waals surface area contributed by atoms with E-state index in [4.69, 9.17) is 4.74 Å². The minimum atomic E-state index is -0.341. The van der Waals surface area contributed by atoms with Gasteiger partial charge in [-0.2, -0.15) is 0 Å². The van der Waals surface area contributed by atoms with Crippen molar-refractivity contribution in [2.45, 2.75) is 79.6 Å². The number of rotatable bonds is 7. The number of methoxy groups -OCH3 is 1. The maximum Gasteiger partial charge on any atom is 0.344 e. The maximum atomic E-state index is 12.6. The Morgan fingerprint density at radius 1 is 1.07 bits per heavy atom. The molecule has 0 bridgehead atoms. The lowest BCUT2D eigenvalue weighted by atomic mass is 9.89. The largest absolute Gasteiger partial charge is 0.465 e. The van der Waals surface area contributed by atoms with Crippen LogP contribution in [0.25, 0.3) is 0 Å². The predicted molar refractivity (Wildman–Crippen MR) is 113 cm³/mol. The number of nitrogens with one attached hydrogen (secondary N) is 1. The molecule has 3 rings (SSSR count). The Balaban J connectivity index is 1.84. The molecule has 0 radical (unpaired) electrons. The van der Waals surface area contributed by atoms with Gasteiger partial charge in [0.25, 0.3) is 0 Å². The van der Waals surface area contributed by atoms with Gasteiger partial charge in [-0.15, -0.1) is 11.8 Å². The third-order valence-corrected chi connectivity index (χ3v) is 7.41. The van der Waals surface area contributed by atoms with Gasteiger partial charge in [-0.1, -0.05) is 50.3 Å². The summed E-state index contributed by atoms with van der Waals surface area (Å²) in [6.07, 6.45) is 14.7. The van der Waals surface area contributed by atoms with Crippen LogP contribution in [-0.2, 0) is 4.74 Å². The van der Waals surface area contributed by atoms with E-state index in [-0.39, 0.29) is 5.97 Å². The van der Waals surface area contributed by atoms with E-state index in [2.05, 4.69) is 15.3 Å². The van der Waals surface area contributed by atoms with Gasteiger partial charge in [0.05, 0.1) is 7.11 Å². The van der Waals surface area contributed by atoms with Crippen molar-refractivity contribution in [3.63, 3.8) is 0 Å². The molecule has 0 aromatic carbocycles. The molecule has 0 spiro atoms. The number of esters is 1. The molecule has 7 heteroatoms. The van der Waals surface area contributed by atoms with Crippen LogP contribution in [0.5, 0.6) is 0 Å². The quantitative estimate of drug-likeness (QED) is 0.280. The topological polar surface area (TPSA) is 64.1 Å². The number of carbonyl (C=O) groups excluding carboxylic acids is 1. The summed E-state index contributed by atoms with van der Waals surface area (Å²) in [7, 11) is 1.44. The van der Waals surface area contributed by atoms with Crippen LogP contribution in [0.15, 0.2) is 10.2 Å². The molecule has 27 heavy (non-hydrogen) atoms. The Hall–Kier alpha value is -0.950. The highest BCUT2D eigenvalue weighted by atomic mass is 32.2. The first-order valence-corrected chi connectivity index (χ1v) is 12.3. The Morgan fingerprint density at radius 2 is 1.74 bits per heavy atom. The van der Waals surface area contributed by atoms with Crippen molar-refractivity contribution in [2.24, 2.45) is 5.92 Å². The zero-order chi connectivity index (χ0) is 19.1. The molecule has 1 aromatic rings. The molecule has 2 saturated carbocycles. The smallest absolute Gasteiger partial charge is 0.344 e. The second-order valence-electron chi connectivity index (χ2n) is 7.49. The number of hydrogen-bond acceptors (Lipinski definition) is 7. The van der Waals surface area contributed by atoms with E-state index in [9.17, 15) is 4.79 Å². The van der Waals surface area contributed by atoms with Crippen molar-refractivity contribution >= 4 is 35.3 Å². The summed E-state index contributed by atoms with van der Waals surface area (Å²) in [5, 5.41) is 5.49. The van der Waals surface area contributed by atoms with Crippen molar-refractivity contribution < 1.29 is 9.53 Å². The molecule has 2 fully saturated rings. The molecule has 0 unspecified atom stereocenters. The lowest BCUT2D eigenvalue weighted by Gasteiger charge is -2.24. The Kier molecular flexibility index (Phi) is 8.12. The summed E-state index contributed by atoms with van der Waals surface area (Å²) in [6, 6.07) is 0. The predicted octanol–water partition coefficient (Wildman–Crippen LogP) is 5.40. The molecule has 2 aliphatic rings. The fourth-order valence-electron chi connectivity index (χ4n) is 3.98. The lowest BCUT2D eigenvalue weighted by Crippen LogP contribution is -2.21. The van der Waals surface area contributed by atoms with Crippen molar-refractivity contribution in [3.05, 3.63) is 5.56 Å². The number of thioether (sulfide) groups is 2. The van der Waals surface area contributed by atoms with Gasteiger partial charge in [0, 0.05) is 11.8 Å². The maximum absolute atomic E-state index is 12.6. The molecule has 150 valence electrons. The van der Waals surface area contributed by atoms with Crippen LogP contribution in [0.3, 0.4) is 0 Å². The van der Waals surface area contributed by atoms with Crippen LogP contribution in [0, 0.1) is 5.92 Å². The van der Waals surface area contributed by atoms with Crippen LogP contribution < -0.4 is 5.32 Å². The van der Waals surface area contributed by atoms with Gasteiger partial charge in [-0.05, 0) is 37.9 Å². The molecule has 1 aromatic heterocycles. The summed E-state index contributed by atoms with van der Waals surface area (Å²) >= 11 is 3.26. The fraction of sp³-hybridized carbons (Fsp3) is 0.750. The Labute approximate surface area is 171 Å². The van der Waals surface area contributed by atoms with Crippen LogP contribution in [-0.4, -0.2) is 41.1 Å². The van der Waals surface area contributed by atoms with E-state index < -0.39 is 0 Å².